The number of sulfonamides is 1. The van der Waals surface area contributed by atoms with Crippen LogP contribution in [0.5, 0.6) is 0 Å². The van der Waals surface area contributed by atoms with Crippen LogP contribution < -0.4 is 15.4 Å². The fraction of sp³-hybridized carbons (Fsp3) is 0.562. The van der Waals surface area contributed by atoms with Crippen LogP contribution in [-0.2, 0) is 21.3 Å². The van der Waals surface area contributed by atoms with Crippen LogP contribution in [0.2, 0.25) is 0 Å². The van der Waals surface area contributed by atoms with Gasteiger partial charge in [-0.3, -0.25) is 0 Å². The largest absolute Gasteiger partial charge is 0.390 e. The smallest absolute Gasteiger partial charge is 0.383 e. The first-order valence-electron chi connectivity index (χ1n) is 8.34. The number of rotatable bonds is 10. The fourth-order valence-electron chi connectivity index (χ4n) is 1.97. The van der Waals surface area contributed by atoms with Gasteiger partial charge in [0.15, 0.2) is 5.96 Å². The molecule has 0 spiro atoms. The van der Waals surface area contributed by atoms with E-state index in [0.29, 0.717) is 6.54 Å². The number of hydrogen-bond acceptors (Lipinski definition) is 4. The van der Waals surface area contributed by atoms with E-state index < -0.39 is 22.6 Å². The summed E-state index contributed by atoms with van der Waals surface area (Å²) in [5.74, 6) is 0.264. The van der Waals surface area contributed by atoms with E-state index >= 15 is 0 Å². The lowest BCUT2D eigenvalue weighted by Gasteiger charge is -2.12. The van der Waals surface area contributed by atoms with Crippen molar-refractivity contribution in [1.82, 2.24) is 15.4 Å². The summed E-state index contributed by atoms with van der Waals surface area (Å²) in [4.78, 5) is 4.31. The number of methoxy groups -OCH3 is 1. The van der Waals surface area contributed by atoms with Crippen molar-refractivity contribution in [1.29, 1.82) is 0 Å². The van der Waals surface area contributed by atoms with Crippen LogP contribution in [0.3, 0.4) is 0 Å². The van der Waals surface area contributed by atoms with Crippen LogP contribution in [-0.4, -0.2) is 53.9 Å². The predicted octanol–water partition coefficient (Wildman–Crippen LogP) is 2.24. The van der Waals surface area contributed by atoms with E-state index in [4.69, 9.17) is 4.74 Å². The van der Waals surface area contributed by atoms with Crippen molar-refractivity contribution in [2.45, 2.75) is 31.0 Å². The third-order valence-corrected chi connectivity index (χ3v) is 4.77. The lowest BCUT2D eigenvalue weighted by Crippen LogP contribution is -2.38. The number of guanidine groups is 1. The number of alkyl halides is 3. The number of benzene rings is 1. The van der Waals surface area contributed by atoms with E-state index in [1.165, 1.54) is 19.2 Å². The molecule has 0 bridgehead atoms. The maximum absolute atomic E-state index is 12.2. The monoisotopic (exact) mass is 538 g/mol. The van der Waals surface area contributed by atoms with Gasteiger partial charge in [-0.2, -0.15) is 13.2 Å². The molecule has 3 N–H and O–H groups in total. The van der Waals surface area contributed by atoms with Gasteiger partial charge in [0.25, 0.3) is 0 Å². The van der Waals surface area contributed by atoms with Gasteiger partial charge in [0, 0.05) is 26.7 Å². The minimum absolute atomic E-state index is 0. The second-order valence-corrected chi connectivity index (χ2v) is 7.29. The molecule has 0 saturated heterocycles. The summed E-state index contributed by atoms with van der Waals surface area (Å²) in [6.07, 6.45) is -5.19. The lowest BCUT2D eigenvalue weighted by atomic mass is 10.2. The Morgan fingerprint density at radius 3 is 2.32 bits per heavy atom. The number of hydrogen-bond donors (Lipinski definition) is 3. The number of aliphatic imine (C=N–C) groups is 1. The molecule has 162 valence electrons. The molecule has 1 aromatic carbocycles. The maximum Gasteiger partial charge on any atom is 0.390 e. The number of halogens is 4. The summed E-state index contributed by atoms with van der Waals surface area (Å²) in [6, 6.07) is 6.11. The highest BCUT2D eigenvalue weighted by molar-refractivity contribution is 14.0. The van der Waals surface area contributed by atoms with Gasteiger partial charge in [-0.05, 0) is 24.6 Å². The molecule has 1 rings (SSSR count). The summed E-state index contributed by atoms with van der Waals surface area (Å²) in [5.41, 5.74) is 0.721. The molecule has 0 saturated carbocycles. The fourth-order valence-corrected chi connectivity index (χ4v) is 2.98. The van der Waals surface area contributed by atoms with Gasteiger partial charge in [-0.25, -0.2) is 18.1 Å². The van der Waals surface area contributed by atoms with Crippen LogP contribution in [0.15, 0.2) is 34.2 Å². The molecule has 0 atom stereocenters. The van der Waals surface area contributed by atoms with Gasteiger partial charge in [0.1, 0.15) is 0 Å². The first-order valence-corrected chi connectivity index (χ1v) is 9.82. The van der Waals surface area contributed by atoms with Gasteiger partial charge >= 0.3 is 6.18 Å². The number of nitrogens with one attached hydrogen (secondary N) is 3. The first kappa shape index (κ1) is 26.9. The van der Waals surface area contributed by atoms with E-state index in [9.17, 15) is 21.6 Å². The molecule has 0 radical (unpaired) electrons. The zero-order valence-corrected chi connectivity index (χ0v) is 18.8. The summed E-state index contributed by atoms with van der Waals surface area (Å²) in [6.45, 7) is 2.65. The molecule has 0 unspecified atom stereocenters. The number of nitrogens with zero attached hydrogens (tertiary/aromatic N) is 1. The van der Waals surface area contributed by atoms with Crippen molar-refractivity contribution in [3.05, 3.63) is 29.8 Å². The Morgan fingerprint density at radius 1 is 1.14 bits per heavy atom. The molecule has 0 heterocycles. The maximum atomic E-state index is 12.2. The first-order chi connectivity index (χ1) is 12.7. The van der Waals surface area contributed by atoms with Crippen LogP contribution in [0.25, 0.3) is 0 Å². The summed E-state index contributed by atoms with van der Waals surface area (Å²) in [5, 5.41) is 5.47. The molecule has 12 heteroatoms. The Kier molecular flexibility index (Phi) is 12.6. The topological polar surface area (TPSA) is 91.8 Å². The molecule has 0 fully saturated rings. The SMILES string of the molecule is CCNC(=NCc1ccc(S(=O)(=O)NCCOC)cc1)NCCC(F)(F)F.I. The van der Waals surface area contributed by atoms with Crippen molar-refractivity contribution in [2.24, 2.45) is 4.99 Å². The van der Waals surface area contributed by atoms with E-state index in [1.54, 1.807) is 19.1 Å². The van der Waals surface area contributed by atoms with Crippen molar-refractivity contribution in [3.8, 4) is 0 Å². The Bertz CT molecular complexity index is 698. The Labute approximate surface area is 180 Å². The molecule has 0 aliphatic heterocycles. The van der Waals surface area contributed by atoms with Crippen LogP contribution in [0.4, 0.5) is 13.2 Å². The van der Waals surface area contributed by atoms with Crippen molar-refractivity contribution in [3.63, 3.8) is 0 Å². The van der Waals surface area contributed by atoms with E-state index in [0.717, 1.165) is 5.56 Å². The second kappa shape index (κ2) is 13.2. The van der Waals surface area contributed by atoms with Crippen LogP contribution in [0, 0.1) is 0 Å². The molecule has 0 amide bonds. The van der Waals surface area contributed by atoms with Crippen molar-refractivity contribution in [2.75, 3.05) is 33.4 Å². The minimum Gasteiger partial charge on any atom is -0.383 e. The molecule has 0 aliphatic rings. The summed E-state index contributed by atoms with van der Waals surface area (Å²) < 4.78 is 68.0. The van der Waals surface area contributed by atoms with E-state index in [1.807, 2.05) is 0 Å². The molecular formula is C16H26F3IN4O3S. The zero-order valence-electron chi connectivity index (χ0n) is 15.7. The van der Waals surface area contributed by atoms with Crippen LogP contribution >= 0.6 is 24.0 Å². The molecule has 7 nitrogen and oxygen atoms in total. The normalized spacial score (nSPS) is 12.4. The van der Waals surface area contributed by atoms with Gasteiger partial charge in [0.2, 0.25) is 10.0 Å². The summed E-state index contributed by atoms with van der Waals surface area (Å²) >= 11 is 0. The Hall–Kier alpha value is -1.12. The highest BCUT2D eigenvalue weighted by Crippen LogP contribution is 2.18. The third-order valence-electron chi connectivity index (χ3n) is 3.30. The predicted molar refractivity (Wildman–Crippen MR) is 112 cm³/mol. The molecule has 0 aromatic heterocycles. The standard InChI is InChI=1S/C16H25F3N4O3S.HI/c1-3-20-15(21-9-8-16(17,18)19)22-12-13-4-6-14(7-5-13)27(24,25)23-10-11-26-2;/h4-7,23H,3,8-12H2,1-2H3,(H2,20,21,22);1H. The van der Waals surface area contributed by atoms with Crippen molar-refractivity contribution >= 4 is 40.0 Å². The van der Waals surface area contributed by atoms with Gasteiger partial charge < -0.3 is 15.4 Å². The average molecular weight is 538 g/mol. The quantitative estimate of drug-likeness (QED) is 0.184. The lowest BCUT2D eigenvalue weighted by molar-refractivity contribution is -0.132. The molecule has 0 aliphatic carbocycles. The highest BCUT2D eigenvalue weighted by Gasteiger charge is 2.26. The van der Waals surface area contributed by atoms with E-state index in [2.05, 4.69) is 20.3 Å². The van der Waals surface area contributed by atoms with Gasteiger partial charge in [0.05, 0.1) is 24.5 Å². The third kappa shape index (κ3) is 11.0. The minimum atomic E-state index is -4.23. The Balaban J connectivity index is 0.00000729. The number of ether oxygens (including phenoxy) is 1. The van der Waals surface area contributed by atoms with Crippen LogP contribution in [0.1, 0.15) is 18.9 Å². The average Bonchev–Trinajstić information content (AvgIpc) is 2.59. The second-order valence-electron chi connectivity index (χ2n) is 5.52. The molecule has 1 aromatic rings. The Morgan fingerprint density at radius 2 is 1.79 bits per heavy atom. The van der Waals surface area contributed by atoms with Gasteiger partial charge in [-0.1, -0.05) is 12.1 Å². The highest BCUT2D eigenvalue weighted by atomic mass is 127. The van der Waals surface area contributed by atoms with E-state index in [-0.39, 0.29) is 61.1 Å². The summed E-state index contributed by atoms with van der Waals surface area (Å²) in [7, 11) is -2.14. The zero-order chi connectivity index (χ0) is 20.3. The van der Waals surface area contributed by atoms with Gasteiger partial charge in [-0.15, -0.1) is 24.0 Å². The molecular weight excluding hydrogens is 512 g/mol. The molecule has 28 heavy (non-hydrogen) atoms. The van der Waals surface area contributed by atoms with Crippen molar-refractivity contribution < 1.29 is 26.3 Å².